The molecule has 2 heterocycles. The molecule has 3 rings (SSSR count). The SMILES string of the molecule is CCC(CC)c1nnc2c(n1)C(=C(C)O)Nc1cccc(C(C)=O)c1-2. The van der Waals surface area contributed by atoms with Crippen LogP contribution < -0.4 is 5.32 Å². The Morgan fingerprint density at radius 3 is 2.48 bits per heavy atom. The average molecular weight is 338 g/mol. The Morgan fingerprint density at radius 1 is 1.16 bits per heavy atom. The number of aromatic nitrogens is 3. The molecule has 1 aromatic carbocycles. The molecule has 0 atom stereocenters. The highest BCUT2D eigenvalue weighted by Gasteiger charge is 2.29. The number of anilines is 1. The number of allylic oxidation sites excluding steroid dienone is 1. The zero-order valence-electron chi connectivity index (χ0n) is 14.9. The highest BCUT2D eigenvalue weighted by Crippen LogP contribution is 2.41. The Labute approximate surface area is 147 Å². The van der Waals surface area contributed by atoms with E-state index in [2.05, 4.69) is 29.4 Å². The van der Waals surface area contributed by atoms with Crippen LogP contribution in [0.15, 0.2) is 24.0 Å². The van der Waals surface area contributed by atoms with Crippen molar-refractivity contribution in [2.75, 3.05) is 5.32 Å². The van der Waals surface area contributed by atoms with E-state index < -0.39 is 0 Å². The summed E-state index contributed by atoms with van der Waals surface area (Å²) in [4.78, 5) is 16.7. The molecular formula is C19H22N4O2. The zero-order chi connectivity index (χ0) is 18.1. The van der Waals surface area contributed by atoms with E-state index in [1.165, 1.54) is 6.92 Å². The van der Waals surface area contributed by atoms with E-state index in [1.54, 1.807) is 19.1 Å². The maximum absolute atomic E-state index is 12.1. The van der Waals surface area contributed by atoms with Crippen LogP contribution in [0.4, 0.5) is 5.69 Å². The number of hydrogen-bond acceptors (Lipinski definition) is 6. The number of fused-ring (bicyclic) bond motifs is 3. The smallest absolute Gasteiger partial charge is 0.160 e. The van der Waals surface area contributed by atoms with Crippen LogP contribution in [0, 0.1) is 0 Å². The third kappa shape index (κ3) is 2.88. The van der Waals surface area contributed by atoms with Crippen LogP contribution in [-0.2, 0) is 0 Å². The Morgan fingerprint density at radius 2 is 1.88 bits per heavy atom. The number of Topliss-reactive ketones (excluding diaryl/α,β-unsaturated/α-hetero) is 1. The van der Waals surface area contributed by atoms with Gasteiger partial charge in [0.05, 0.1) is 0 Å². The first-order valence-corrected chi connectivity index (χ1v) is 8.54. The second kappa shape index (κ2) is 6.63. The number of benzene rings is 1. The number of ketones is 1. The van der Waals surface area contributed by atoms with Gasteiger partial charge in [-0.1, -0.05) is 26.0 Å². The normalized spacial score (nSPS) is 14.6. The molecule has 6 heteroatoms. The molecule has 1 aliphatic rings. The first kappa shape index (κ1) is 17.1. The Kier molecular flexibility index (Phi) is 4.53. The maximum Gasteiger partial charge on any atom is 0.160 e. The van der Waals surface area contributed by atoms with E-state index in [4.69, 9.17) is 4.98 Å². The van der Waals surface area contributed by atoms with Crippen LogP contribution in [-0.4, -0.2) is 26.1 Å². The van der Waals surface area contributed by atoms with Crippen molar-refractivity contribution in [1.82, 2.24) is 15.2 Å². The average Bonchev–Trinajstić information content (AvgIpc) is 2.61. The zero-order valence-corrected chi connectivity index (χ0v) is 14.9. The lowest BCUT2D eigenvalue weighted by molar-refractivity contribution is 0.101. The highest BCUT2D eigenvalue weighted by molar-refractivity contribution is 6.07. The predicted molar refractivity (Wildman–Crippen MR) is 97.4 cm³/mol. The van der Waals surface area contributed by atoms with E-state index in [9.17, 15) is 9.90 Å². The van der Waals surface area contributed by atoms with Crippen LogP contribution in [0.1, 0.15) is 68.3 Å². The van der Waals surface area contributed by atoms with E-state index in [-0.39, 0.29) is 17.5 Å². The number of hydrogen-bond donors (Lipinski definition) is 2. The van der Waals surface area contributed by atoms with Gasteiger partial charge in [0.15, 0.2) is 11.6 Å². The van der Waals surface area contributed by atoms with Gasteiger partial charge in [-0.05, 0) is 32.8 Å². The molecule has 0 radical (unpaired) electrons. The Balaban J connectivity index is 2.29. The molecule has 0 aliphatic carbocycles. The first-order valence-electron chi connectivity index (χ1n) is 8.54. The molecule has 6 nitrogen and oxygen atoms in total. The van der Waals surface area contributed by atoms with Crippen molar-refractivity contribution < 1.29 is 9.90 Å². The molecule has 0 unspecified atom stereocenters. The van der Waals surface area contributed by atoms with Crippen molar-refractivity contribution >= 4 is 17.2 Å². The standard InChI is InChI=1S/C19H22N4O2/c1-5-12(6-2)19-21-18-16(11(4)25)20-14-9-7-8-13(10(3)24)15(14)17(18)22-23-19/h7-9,12,20,25H,5-6H2,1-4H3. The predicted octanol–water partition coefficient (Wildman–Crippen LogP) is 4.32. The third-order valence-electron chi connectivity index (χ3n) is 4.59. The molecule has 0 saturated heterocycles. The lowest BCUT2D eigenvalue weighted by Gasteiger charge is -2.25. The van der Waals surface area contributed by atoms with Crippen LogP contribution >= 0.6 is 0 Å². The van der Waals surface area contributed by atoms with E-state index in [0.29, 0.717) is 34.0 Å². The number of nitrogens with zero attached hydrogens (tertiary/aromatic N) is 3. The topological polar surface area (TPSA) is 88.0 Å². The van der Waals surface area contributed by atoms with Gasteiger partial charge in [-0.2, -0.15) is 0 Å². The van der Waals surface area contributed by atoms with Gasteiger partial charge in [0.25, 0.3) is 0 Å². The maximum atomic E-state index is 12.1. The monoisotopic (exact) mass is 338 g/mol. The largest absolute Gasteiger partial charge is 0.510 e. The summed E-state index contributed by atoms with van der Waals surface area (Å²) in [5, 5.41) is 22.1. The van der Waals surface area contributed by atoms with E-state index in [1.807, 2.05) is 6.07 Å². The number of carbonyl (C=O) groups is 1. The van der Waals surface area contributed by atoms with Crippen LogP contribution in [0.3, 0.4) is 0 Å². The molecule has 0 bridgehead atoms. The van der Waals surface area contributed by atoms with Crippen LogP contribution in [0.25, 0.3) is 17.0 Å². The summed E-state index contributed by atoms with van der Waals surface area (Å²) in [7, 11) is 0. The van der Waals surface area contributed by atoms with E-state index >= 15 is 0 Å². The fraction of sp³-hybridized carbons (Fsp3) is 0.368. The summed E-state index contributed by atoms with van der Waals surface area (Å²) in [6.45, 7) is 7.31. The Bertz CT molecular complexity index is 866. The summed E-state index contributed by atoms with van der Waals surface area (Å²) in [6, 6.07) is 5.42. The van der Waals surface area contributed by atoms with Crippen LogP contribution in [0.5, 0.6) is 0 Å². The molecule has 1 aromatic heterocycles. The van der Waals surface area contributed by atoms with Gasteiger partial charge < -0.3 is 10.4 Å². The Hall–Kier alpha value is -2.76. The van der Waals surface area contributed by atoms with Crippen LogP contribution in [0.2, 0.25) is 0 Å². The van der Waals surface area contributed by atoms with Crippen molar-refractivity contribution in [2.45, 2.75) is 46.5 Å². The molecule has 2 N–H and O–H groups in total. The fourth-order valence-corrected chi connectivity index (χ4v) is 3.17. The van der Waals surface area contributed by atoms with Gasteiger partial charge in [0, 0.05) is 22.7 Å². The van der Waals surface area contributed by atoms with Crippen molar-refractivity contribution in [1.29, 1.82) is 0 Å². The summed E-state index contributed by atoms with van der Waals surface area (Å²) in [5.74, 6) is 0.940. The molecule has 0 spiro atoms. The molecule has 0 saturated carbocycles. The summed E-state index contributed by atoms with van der Waals surface area (Å²) < 4.78 is 0. The number of rotatable bonds is 4. The number of carbonyl (C=O) groups excluding carboxylic acids is 1. The quantitative estimate of drug-likeness (QED) is 0.638. The van der Waals surface area contributed by atoms with Gasteiger partial charge in [-0.25, -0.2) is 4.98 Å². The minimum absolute atomic E-state index is 0.0522. The summed E-state index contributed by atoms with van der Waals surface area (Å²) >= 11 is 0. The highest BCUT2D eigenvalue weighted by atomic mass is 16.3. The molecule has 130 valence electrons. The summed E-state index contributed by atoms with van der Waals surface area (Å²) in [6.07, 6.45) is 1.83. The molecule has 25 heavy (non-hydrogen) atoms. The lowest BCUT2D eigenvalue weighted by atomic mass is 9.93. The summed E-state index contributed by atoms with van der Waals surface area (Å²) in [5.41, 5.74) is 3.54. The lowest BCUT2D eigenvalue weighted by Crippen LogP contribution is -2.18. The minimum Gasteiger partial charge on any atom is -0.510 e. The molecule has 0 fully saturated rings. The van der Waals surface area contributed by atoms with Gasteiger partial charge in [0.2, 0.25) is 0 Å². The minimum atomic E-state index is -0.0522. The van der Waals surface area contributed by atoms with Crippen molar-refractivity contribution in [3.63, 3.8) is 0 Å². The number of aliphatic hydroxyl groups excluding tert-OH is 1. The van der Waals surface area contributed by atoms with Gasteiger partial charge >= 0.3 is 0 Å². The molecule has 0 amide bonds. The van der Waals surface area contributed by atoms with Gasteiger partial charge in [0.1, 0.15) is 22.8 Å². The van der Waals surface area contributed by atoms with E-state index in [0.717, 1.165) is 18.5 Å². The number of nitrogens with one attached hydrogen (secondary N) is 1. The molecule has 1 aliphatic heterocycles. The fourth-order valence-electron chi connectivity index (χ4n) is 3.17. The van der Waals surface area contributed by atoms with Gasteiger partial charge in [-0.15, -0.1) is 10.2 Å². The van der Waals surface area contributed by atoms with Crippen molar-refractivity contribution in [3.8, 4) is 11.3 Å². The second-order valence-corrected chi connectivity index (χ2v) is 6.25. The number of aliphatic hydroxyl groups is 1. The third-order valence-corrected chi connectivity index (χ3v) is 4.59. The second-order valence-electron chi connectivity index (χ2n) is 6.25. The van der Waals surface area contributed by atoms with Gasteiger partial charge in [-0.3, -0.25) is 4.79 Å². The van der Waals surface area contributed by atoms with Crippen molar-refractivity contribution in [2.24, 2.45) is 0 Å². The molecular weight excluding hydrogens is 316 g/mol. The molecule has 2 aromatic rings. The first-order chi connectivity index (χ1) is 12.0. The van der Waals surface area contributed by atoms with Crippen molar-refractivity contribution in [3.05, 3.63) is 41.0 Å².